The van der Waals surface area contributed by atoms with Crippen molar-refractivity contribution in [3.05, 3.63) is 33.4 Å². The van der Waals surface area contributed by atoms with Crippen LogP contribution in [0, 0.1) is 15.9 Å². The highest BCUT2D eigenvalue weighted by molar-refractivity contribution is 5.36. The molecule has 0 radical (unpaired) electrons. The summed E-state index contributed by atoms with van der Waals surface area (Å²) in [4.78, 5) is 12.4. The first-order valence-corrected chi connectivity index (χ1v) is 3.79. The number of hydrogen-bond donors (Lipinski definition) is 1. The number of nitrogens with two attached hydrogens (primary N) is 1. The second kappa shape index (κ2) is 4.22. The molecule has 82 valence electrons. The molecule has 0 atom stereocenters. The molecular formula is C7H6F3N3O2. The highest BCUT2D eigenvalue weighted by Crippen LogP contribution is 2.25. The minimum atomic E-state index is -3.01. The number of halogens is 3. The van der Waals surface area contributed by atoms with Gasteiger partial charge < -0.3 is 5.73 Å². The van der Waals surface area contributed by atoms with Gasteiger partial charge in [0.15, 0.2) is 0 Å². The summed E-state index contributed by atoms with van der Waals surface area (Å²) < 4.78 is 37.6. The number of nitro groups is 1. The minimum absolute atomic E-state index is 0.402. The fraction of sp³-hybridized carbons (Fsp3) is 0.286. The molecule has 0 saturated heterocycles. The molecule has 0 aliphatic rings. The number of pyridine rings is 1. The van der Waals surface area contributed by atoms with E-state index in [0.29, 0.717) is 6.07 Å². The first kappa shape index (κ1) is 11.4. The van der Waals surface area contributed by atoms with Crippen LogP contribution in [-0.4, -0.2) is 9.91 Å². The van der Waals surface area contributed by atoms with Gasteiger partial charge in [-0.1, -0.05) is 0 Å². The normalized spacial score (nSPS) is 10.7. The van der Waals surface area contributed by atoms with Gasteiger partial charge in [-0.15, -0.1) is 0 Å². The Morgan fingerprint density at radius 2 is 2.20 bits per heavy atom. The van der Waals surface area contributed by atoms with Crippen LogP contribution in [-0.2, 0) is 6.54 Å². The summed E-state index contributed by atoms with van der Waals surface area (Å²) in [6.45, 7) is -0.479. The summed E-state index contributed by atoms with van der Waals surface area (Å²) in [5, 5.41) is 10.3. The number of hydrogen-bond acceptors (Lipinski definition) is 4. The molecule has 0 bridgehead atoms. The molecule has 5 nitrogen and oxygen atoms in total. The molecule has 0 aliphatic heterocycles. The Bertz CT molecular complexity index is 397. The molecule has 1 heterocycles. The van der Waals surface area contributed by atoms with E-state index >= 15 is 0 Å². The van der Waals surface area contributed by atoms with Crippen LogP contribution in [0.2, 0.25) is 0 Å². The van der Waals surface area contributed by atoms with Crippen LogP contribution in [0.1, 0.15) is 17.8 Å². The van der Waals surface area contributed by atoms with Crippen molar-refractivity contribution in [1.82, 2.24) is 4.98 Å². The Labute approximate surface area is 81.9 Å². The van der Waals surface area contributed by atoms with Crippen molar-refractivity contribution in [2.24, 2.45) is 5.73 Å². The molecule has 1 aromatic heterocycles. The summed E-state index contributed by atoms with van der Waals surface area (Å²) in [5.41, 5.74) is 2.58. The lowest BCUT2D eigenvalue weighted by Gasteiger charge is -2.03. The molecule has 8 heteroatoms. The van der Waals surface area contributed by atoms with Crippen LogP contribution in [0.3, 0.4) is 0 Å². The molecule has 0 aliphatic carbocycles. The zero-order chi connectivity index (χ0) is 11.6. The van der Waals surface area contributed by atoms with E-state index in [9.17, 15) is 23.3 Å². The monoisotopic (exact) mass is 221 g/mol. The van der Waals surface area contributed by atoms with Gasteiger partial charge in [0.1, 0.15) is 5.69 Å². The van der Waals surface area contributed by atoms with E-state index in [1.54, 1.807) is 0 Å². The highest BCUT2D eigenvalue weighted by atomic mass is 19.3. The standard InChI is InChI=1S/C7H6F3N3O2/c8-6-4(2-11)12-3(7(9)10)1-5(6)13(14)15/h1,7H,2,11H2. The van der Waals surface area contributed by atoms with Gasteiger partial charge in [-0.05, 0) is 0 Å². The molecule has 1 aromatic rings. The molecule has 1 rings (SSSR count). The zero-order valence-corrected chi connectivity index (χ0v) is 7.28. The predicted octanol–water partition coefficient (Wildman–Crippen LogP) is 1.53. The Balaban J connectivity index is 3.38. The maximum absolute atomic E-state index is 13.1. The third-order valence-corrected chi connectivity index (χ3v) is 1.64. The maximum atomic E-state index is 13.1. The minimum Gasteiger partial charge on any atom is -0.325 e. The van der Waals surface area contributed by atoms with Gasteiger partial charge in [0.2, 0.25) is 5.82 Å². The van der Waals surface area contributed by atoms with Gasteiger partial charge in [-0.2, -0.15) is 4.39 Å². The van der Waals surface area contributed by atoms with E-state index in [1.165, 1.54) is 0 Å². The van der Waals surface area contributed by atoms with E-state index in [4.69, 9.17) is 5.73 Å². The summed E-state index contributed by atoms with van der Waals surface area (Å²) in [7, 11) is 0. The van der Waals surface area contributed by atoms with Crippen molar-refractivity contribution in [2.45, 2.75) is 13.0 Å². The van der Waals surface area contributed by atoms with Gasteiger partial charge in [0, 0.05) is 12.6 Å². The van der Waals surface area contributed by atoms with E-state index in [2.05, 4.69) is 4.98 Å². The highest BCUT2D eigenvalue weighted by Gasteiger charge is 2.23. The number of rotatable bonds is 3. The fourth-order valence-electron chi connectivity index (χ4n) is 0.968. The second-order valence-corrected chi connectivity index (χ2v) is 2.59. The number of aromatic nitrogens is 1. The summed E-state index contributed by atoms with van der Waals surface area (Å²) in [6.07, 6.45) is -3.01. The van der Waals surface area contributed by atoms with Crippen LogP contribution >= 0.6 is 0 Å². The average molecular weight is 221 g/mol. The van der Waals surface area contributed by atoms with Crippen LogP contribution in [0.5, 0.6) is 0 Å². The fourth-order valence-corrected chi connectivity index (χ4v) is 0.968. The summed E-state index contributed by atoms with van der Waals surface area (Å²) >= 11 is 0. The lowest BCUT2D eigenvalue weighted by atomic mass is 10.2. The Morgan fingerprint density at radius 3 is 2.60 bits per heavy atom. The van der Waals surface area contributed by atoms with E-state index in [0.717, 1.165) is 0 Å². The predicted molar refractivity (Wildman–Crippen MR) is 43.7 cm³/mol. The van der Waals surface area contributed by atoms with E-state index < -0.39 is 40.8 Å². The molecule has 2 N–H and O–H groups in total. The lowest BCUT2D eigenvalue weighted by Crippen LogP contribution is -2.08. The van der Waals surface area contributed by atoms with Gasteiger partial charge in [-0.25, -0.2) is 13.8 Å². The van der Waals surface area contributed by atoms with Gasteiger partial charge >= 0.3 is 5.69 Å². The van der Waals surface area contributed by atoms with Crippen LogP contribution < -0.4 is 5.73 Å². The van der Waals surface area contributed by atoms with Crippen LogP contribution in [0.15, 0.2) is 6.07 Å². The maximum Gasteiger partial charge on any atom is 0.308 e. The van der Waals surface area contributed by atoms with Crippen molar-refractivity contribution in [3.8, 4) is 0 Å². The SMILES string of the molecule is NCc1nc(C(F)F)cc([N+](=O)[O-])c1F. The van der Waals surface area contributed by atoms with Gasteiger partial charge in [0.25, 0.3) is 6.43 Å². The van der Waals surface area contributed by atoms with Crippen LogP contribution in [0.25, 0.3) is 0 Å². The lowest BCUT2D eigenvalue weighted by molar-refractivity contribution is -0.387. The molecular weight excluding hydrogens is 215 g/mol. The van der Waals surface area contributed by atoms with E-state index in [-0.39, 0.29) is 0 Å². The number of nitrogens with zero attached hydrogens (tertiary/aromatic N) is 2. The third kappa shape index (κ3) is 2.21. The van der Waals surface area contributed by atoms with E-state index in [1.807, 2.05) is 0 Å². The molecule has 0 spiro atoms. The van der Waals surface area contributed by atoms with Gasteiger partial charge in [-0.3, -0.25) is 10.1 Å². The summed E-state index contributed by atoms with van der Waals surface area (Å²) in [5.74, 6) is -1.27. The Hall–Kier alpha value is -1.70. The first-order chi connectivity index (χ1) is 6.97. The molecule has 0 saturated carbocycles. The van der Waals surface area contributed by atoms with Crippen molar-refractivity contribution in [2.75, 3.05) is 0 Å². The summed E-state index contributed by atoms with van der Waals surface area (Å²) in [6, 6.07) is 0.402. The van der Waals surface area contributed by atoms with Crippen LogP contribution in [0.4, 0.5) is 18.9 Å². The molecule has 15 heavy (non-hydrogen) atoms. The molecule has 0 amide bonds. The Morgan fingerprint density at radius 1 is 1.60 bits per heavy atom. The zero-order valence-electron chi connectivity index (χ0n) is 7.28. The molecule has 0 unspecified atom stereocenters. The first-order valence-electron chi connectivity index (χ1n) is 3.79. The quantitative estimate of drug-likeness (QED) is 0.619. The largest absolute Gasteiger partial charge is 0.325 e. The van der Waals surface area contributed by atoms with Crippen molar-refractivity contribution in [1.29, 1.82) is 0 Å². The van der Waals surface area contributed by atoms with Gasteiger partial charge in [0.05, 0.1) is 10.6 Å². The second-order valence-electron chi connectivity index (χ2n) is 2.59. The Kier molecular flexibility index (Phi) is 3.20. The average Bonchev–Trinajstić information content (AvgIpc) is 2.17. The number of alkyl halides is 2. The topological polar surface area (TPSA) is 82.0 Å². The molecule has 0 aromatic carbocycles. The smallest absolute Gasteiger partial charge is 0.308 e. The third-order valence-electron chi connectivity index (χ3n) is 1.64. The van der Waals surface area contributed by atoms with Crippen molar-refractivity contribution in [3.63, 3.8) is 0 Å². The van der Waals surface area contributed by atoms with Crippen molar-refractivity contribution < 1.29 is 18.1 Å². The van der Waals surface area contributed by atoms with Crippen molar-refractivity contribution >= 4 is 5.69 Å². The molecule has 0 fully saturated rings.